The minimum Gasteiger partial charge on any atom is -0.310 e. The van der Waals surface area contributed by atoms with Gasteiger partial charge in [0.2, 0.25) is 0 Å². The van der Waals surface area contributed by atoms with Gasteiger partial charge in [-0.2, -0.15) is 0 Å². The van der Waals surface area contributed by atoms with E-state index in [0.29, 0.717) is 0 Å². The zero-order valence-corrected chi connectivity index (χ0v) is 43.6. The molecule has 0 bridgehead atoms. The van der Waals surface area contributed by atoms with Gasteiger partial charge in [0.25, 0.3) is 0 Å². The Morgan fingerprint density at radius 2 is 0.615 bits per heavy atom. The van der Waals surface area contributed by atoms with Gasteiger partial charge in [0, 0.05) is 39.4 Å². The van der Waals surface area contributed by atoms with Crippen molar-refractivity contribution in [2.75, 3.05) is 9.80 Å². The molecule has 2 nitrogen and oxygen atoms in total. The van der Waals surface area contributed by atoms with Crippen molar-refractivity contribution < 1.29 is 0 Å². The summed E-state index contributed by atoms with van der Waals surface area (Å²) in [6.07, 6.45) is 0. The molecule has 0 amide bonds. The lowest BCUT2D eigenvalue weighted by atomic mass is 9.70. The summed E-state index contributed by atoms with van der Waals surface area (Å²) in [6, 6.07) is 108. The number of para-hydroxylation sites is 3. The van der Waals surface area contributed by atoms with Crippen LogP contribution in [0.3, 0.4) is 0 Å². The molecule has 0 aromatic heterocycles. The summed E-state index contributed by atoms with van der Waals surface area (Å²) in [5, 5.41) is 0. The average Bonchev–Trinajstić information content (AvgIpc) is 4.24. The van der Waals surface area contributed by atoms with Crippen LogP contribution in [-0.4, -0.2) is 0 Å². The molecule has 1 spiro atoms. The molecule has 0 aliphatic heterocycles. The van der Waals surface area contributed by atoms with Gasteiger partial charge in [0.1, 0.15) is 0 Å². The van der Waals surface area contributed by atoms with Crippen molar-refractivity contribution in [2.24, 2.45) is 0 Å². The molecule has 3 aliphatic carbocycles. The van der Waals surface area contributed by atoms with Crippen LogP contribution in [0.5, 0.6) is 0 Å². The Bertz CT molecular complexity index is 4220. The van der Waals surface area contributed by atoms with Gasteiger partial charge in [-0.3, -0.25) is 0 Å². The first-order valence-electron chi connectivity index (χ1n) is 27.2. The molecular formula is C76H54N2. The smallest absolute Gasteiger partial charge is 0.0727 e. The lowest BCUT2D eigenvalue weighted by molar-refractivity contribution is 0.660. The molecule has 3 aliphatic rings. The maximum Gasteiger partial charge on any atom is 0.0727 e. The highest BCUT2D eigenvalue weighted by atomic mass is 15.1. The van der Waals surface area contributed by atoms with Crippen LogP contribution in [0, 0.1) is 0 Å². The monoisotopic (exact) mass is 994 g/mol. The predicted octanol–water partition coefficient (Wildman–Crippen LogP) is 20.3. The van der Waals surface area contributed by atoms with Gasteiger partial charge in [0.15, 0.2) is 0 Å². The Balaban J connectivity index is 1.02. The summed E-state index contributed by atoms with van der Waals surface area (Å²) in [5.74, 6) is 0. The number of rotatable bonds is 9. The largest absolute Gasteiger partial charge is 0.310 e. The van der Waals surface area contributed by atoms with Gasteiger partial charge in [0.05, 0.1) is 11.1 Å². The van der Waals surface area contributed by atoms with E-state index in [1.165, 1.54) is 94.6 Å². The lowest BCUT2D eigenvalue weighted by Crippen LogP contribution is -2.27. The molecule has 368 valence electrons. The van der Waals surface area contributed by atoms with Gasteiger partial charge in [-0.25, -0.2) is 0 Å². The second kappa shape index (κ2) is 17.9. The fourth-order valence-electron chi connectivity index (χ4n) is 13.5. The molecule has 0 saturated carbocycles. The van der Waals surface area contributed by atoms with Crippen LogP contribution in [0.25, 0.3) is 66.8 Å². The molecular weight excluding hydrogens is 941 g/mol. The number of anilines is 6. The first-order valence-corrected chi connectivity index (χ1v) is 27.2. The minimum absolute atomic E-state index is 0.102. The van der Waals surface area contributed by atoms with Gasteiger partial charge < -0.3 is 9.80 Å². The van der Waals surface area contributed by atoms with Crippen LogP contribution in [0.4, 0.5) is 34.1 Å². The number of nitrogens with zero attached hydrogens (tertiary/aromatic N) is 2. The first-order chi connectivity index (χ1) is 38.4. The lowest BCUT2D eigenvalue weighted by Gasteiger charge is -2.34. The molecule has 2 heteroatoms. The molecule has 0 radical (unpaired) electrons. The number of hydrogen-bond donors (Lipinski definition) is 0. The SMILES string of the molecule is CC1(C)c2ccccc2-c2cc(N(c3ccccc3)c3ccc4c(c3)C3(c5ccccc5-4)c4cc(-c5ccc(-c6ccccc6)cc5)ccc4-c4cc(-c5ccccc5)c(N(c5ccccc5)c5ccccc5)cc43)ccc21. The summed E-state index contributed by atoms with van der Waals surface area (Å²) in [4.78, 5) is 4.94. The standard InChI is InChI=1S/C76H54N2/c1-75(2)68-34-20-18-33-62(68)66-47-59(42-45-69(66)75)77(56-26-12-5-13-27-56)60-41-44-63-61-32-19-21-35-70(61)76(72(63)48-60)71-46-55(53-38-36-52(37-39-53)51-22-8-3-9-23-51)40-43-64(71)67-49-65(54-24-10-4-11-25-54)74(50-73(67)76)78(57-28-14-6-15-29-57)58-30-16-7-17-31-58/h3-50H,1-2H3. The quantitative estimate of drug-likeness (QED) is 0.142. The van der Waals surface area contributed by atoms with E-state index in [-0.39, 0.29) is 5.41 Å². The van der Waals surface area contributed by atoms with Crippen LogP contribution in [0.2, 0.25) is 0 Å². The van der Waals surface area contributed by atoms with Crippen LogP contribution < -0.4 is 9.80 Å². The summed E-state index contributed by atoms with van der Waals surface area (Å²) in [7, 11) is 0. The minimum atomic E-state index is -0.709. The third-order valence-corrected chi connectivity index (χ3v) is 17.1. The van der Waals surface area contributed by atoms with E-state index in [4.69, 9.17) is 0 Å². The zero-order chi connectivity index (χ0) is 52.0. The fourth-order valence-corrected chi connectivity index (χ4v) is 13.5. The van der Waals surface area contributed by atoms with Crippen molar-refractivity contribution in [2.45, 2.75) is 24.7 Å². The summed E-state index contributed by atoms with van der Waals surface area (Å²) < 4.78 is 0. The van der Waals surface area contributed by atoms with Crippen molar-refractivity contribution in [3.63, 3.8) is 0 Å². The summed E-state index contributed by atoms with van der Waals surface area (Å²) in [5.41, 5.74) is 28.4. The molecule has 12 aromatic rings. The van der Waals surface area contributed by atoms with Crippen LogP contribution in [0.1, 0.15) is 47.2 Å². The molecule has 1 unspecified atom stereocenters. The molecule has 0 fully saturated rings. The van der Waals surface area contributed by atoms with E-state index in [0.717, 1.165) is 39.7 Å². The Labute approximate surface area is 457 Å². The summed E-state index contributed by atoms with van der Waals surface area (Å²) in [6.45, 7) is 4.72. The number of fused-ring (bicyclic) bond motifs is 13. The van der Waals surface area contributed by atoms with E-state index in [1.54, 1.807) is 0 Å². The molecule has 0 heterocycles. The Kier molecular flexibility index (Phi) is 10.5. The first kappa shape index (κ1) is 45.6. The highest BCUT2D eigenvalue weighted by Gasteiger charge is 2.53. The predicted molar refractivity (Wildman–Crippen MR) is 326 cm³/mol. The van der Waals surface area contributed by atoms with E-state index in [9.17, 15) is 0 Å². The third kappa shape index (κ3) is 6.96. The van der Waals surface area contributed by atoms with Gasteiger partial charge in [-0.1, -0.05) is 226 Å². The molecule has 1 atom stereocenters. The van der Waals surface area contributed by atoms with Crippen molar-refractivity contribution in [1.29, 1.82) is 0 Å². The van der Waals surface area contributed by atoms with Gasteiger partial charge in [-0.15, -0.1) is 0 Å². The van der Waals surface area contributed by atoms with E-state index >= 15 is 0 Å². The molecule has 0 N–H and O–H groups in total. The second-order valence-electron chi connectivity index (χ2n) is 21.6. The van der Waals surface area contributed by atoms with E-state index in [2.05, 4.69) is 315 Å². The summed E-state index contributed by atoms with van der Waals surface area (Å²) >= 11 is 0. The number of hydrogen-bond acceptors (Lipinski definition) is 2. The maximum atomic E-state index is 2.55. The topological polar surface area (TPSA) is 6.48 Å². The molecule has 15 rings (SSSR count). The van der Waals surface area contributed by atoms with Crippen molar-refractivity contribution in [3.05, 3.63) is 325 Å². The van der Waals surface area contributed by atoms with Crippen LogP contribution in [0.15, 0.2) is 291 Å². The average molecular weight is 995 g/mol. The van der Waals surface area contributed by atoms with Crippen molar-refractivity contribution >= 4 is 34.1 Å². The van der Waals surface area contributed by atoms with Crippen LogP contribution >= 0.6 is 0 Å². The molecule has 12 aromatic carbocycles. The molecule has 78 heavy (non-hydrogen) atoms. The van der Waals surface area contributed by atoms with Crippen LogP contribution in [-0.2, 0) is 10.8 Å². The highest BCUT2D eigenvalue weighted by Crippen LogP contribution is 2.65. The molecule has 0 saturated heterocycles. The van der Waals surface area contributed by atoms with E-state index in [1.807, 2.05) is 0 Å². The normalized spacial score (nSPS) is 14.7. The van der Waals surface area contributed by atoms with E-state index < -0.39 is 5.41 Å². The number of benzene rings is 12. The Hall–Kier alpha value is -9.76. The Morgan fingerprint density at radius 3 is 1.26 bits per heavy atom. The third-order valence-electron chi connectivity index (χ3n) is 17.1. The Morgan fingerprint density at radius 1 is 0.218 bits per heavy atom. The van der Waals surface area contributed by atoms with Gasteiger partial charge in [-0.05, 0) is 173 Å². The van der Waals surface area contributed by atoms with Crippen molar-refractivity contribution in [1.82, 2.24) is 0 Å². The van der Waals surface area contributed by atoms with Gasteiger partial charge >= 0.3 is 0 Å². The maximum absolute atomic E-state index is 2.55. The highest BCUT2D eigenvalue weighted by molar-refractivity contribution is 6.02. The fraction of sp³-hybridized carbons (Fsp3) is 0.0526. The second-order valence-corrected chi connectivity index (χ2v) is 21.6. The zero-order valence-electron chi connectivity index (χ0n) is 43.6. The van der Waals surface area contributed by atoms with Crippen molar-refractivity contribution in [3.8, 4) is 66.8 Å².